The minimum Gasteiger partial charge on any atom is -0.312 e. The molecule has 0 amide bonds. The maximum atomic E-state index is 4.25. The van der Waals surface area contributed by atoms with Crippen molar-refractivity contribution in [2.45, 2.75) is 53.0 Å². The van der Waals surface area contributed by atoms with Gasteiger partial charge in [0.1, 0.15) is 0 Å². The first-order chi connectivity index (χ1) is 7.74. The van der Waals surface area contributed by atoms with E-state index in [9.17, 15) is 0 Å². The summed E-state index contributed by atoms with van der Waals surface area (Å²) in [6.07, 6.45) is 1.95. The molecule has 1 aromatic rings. The van der Waals surface area contributed by atoms with Gasteiger partial charge in [0.25, 0.3) is 0 Å². The molecule has 1 unspecified atom stereocenters. The molecule has 0 aromatic carbocycles. The van der Waals surface area contributed by atoms with Crippen molar-refractivity contribution in [3.63, 3.8) is 0 Å². The van der Waals surface area contributed by atoms with Crippen LogP contribution in [0.15, 0.2) is 0 Å². The monoisotopic (exact) mass is 239 g/mol. The fourth-order valence-electron chi connectivity index (χ4n) is 1.57. The Morgan fingerprint density at radius 3 is 2.29 bits per heavy atom. The van der Waals surface area contributed by atoms with Gasteiger partial charge in [-0.05, 0) is 37.8 Å². The van der Waals surface area contributed by atoms with Gasteiger partial charge in [0, 0.05) is 18.5 Å². The normalized spacial score (nSPS) is 15.9. The molecule has 1 aromatic heterocycles. The molecular weight excluding hydrogens is 214 g/mol. The molecule has 1 rings (SSSR count). The van der Waals surface area contributed by atoms with Crippen LogP contribution in [0, 0.1) is 5.41 Å². The second-order valence-corrected chi connectivity index (χ2v) is 6.14. The minimum atomic E-state index is 0.145. The molecule has 0 aliphatic carbocycles. The van der Waals surface area contributed by atoms with Crippen molar-refractivity contribution in [2.75, 3.05) is 6.54 Å². The number of rotatable bonds is 5. The summed E-state index contributed by atoms with van der Waals surface area (Å²) in [6, 6.07) is 0. The van der Waals surface area contributed by atoms with Crippen molar-refractivity contribution in [1.82, 2.24) is 25.5 Å². The number of aromatic nitrogens is 4. The third kappa shape index (κ3) is 4.81. The SMILES string of the molecule is CCC(C)(CNC(C)(C)C)Cc1nnn(C)n1. The molecule has 0 saturated carbocycles. The number of hydrogen-bond acceptors (Lipinski definition) is 4. The Labute approximate surface area is 104 Å². The Morgan fingerprint density at radius 1 is 1.24 bits per heavy atom. The Bertz CT molecular complexity index is 352. The van der Waals surface area contributed by atoms with Crippen molar-refractivity contribution >= 4 is 0 Å². The van der Waals surface area contributed by atoms with Crippen molar-refractivity contribution in [3.05, 3.63) is 5.82 Å². The molecule has 0 bridgehead atoms. The van der Waals surface area contributed by atoms with E-state index in [1.807, 2.05) is 0 Å². The predicted molar refractivity (Wildman–Crippen MR) is 68.7 cm³/mol. The second-order valence-electron chi connectivity index (χ2n) is 6.14. The average molecular weight is 239 g/mol. The molecule has 0 spiro atoms. The Balaban J connectivity index is 2.62. The molecule has 1 atom stereocenters. The molecular formula is C12H25N5. The summed E-state index contributed by atoms with van der Waals surface area (Å²) < 4.78 is 0. The summed E-state index contributed by atoms with van der Waals surface area (Å²) in [4.78, 5) is 1.52. The highest BCUT2D eigenvalue weighted by atomic mass is 15.6. The van der Waals surface area contributed by atoms with E-state index < -0.39 is 0 Å². The van der Waals surface area contributed by atoms with Crippen LogP contribution in [-0.2, 0) is 13.5 Å². The van der Waals surface area contributed by atoms with Gasteiger partial charge in [-0.15, -0.1) is 10.2 Å². The zero-order valence-electron chi connectivity index (χ0n) is 11.9. The number of tetrazole rings is 1. The standard InChI is InChI=1S/C12H25N5/c1-7-12(5,9-13-11(2,3)4)8-10-14-16-17(6)15-10/h13H,7-9H2,1-6H3. The molecule has 5 nitrogen and oxygen atoms in total. The van der Waals surface area contributed by atoms with Crippen LogP contribution in [0.5, 0.6) is 0 Å². The van der Waals surface area contributed by atoms with Crippen LogP contribution >= 0.6 is 0 Å². The van der Waals surface area contributed by atoms with E-state index in [0.717, 1.165) is 25.2 Å². The van der Waals surface area contributed by atoms with Gasteiger partial charge in [-0.2, -0.15) is 4.80 Å². The summed E-state index contributed by atoms with van der Waals surface area (Å²) in [7, 11) is 1.80. The molecule has 17 heavy (non-hydrogen) atoms. The van der Waals surface area contributed by atoms with E-state index in [-0.39, 0.29) is 11.0 Å². The molecule has 1 N–H and O–H groups in total. The zero-order valence-corrected chi connectivity index (χ0v) is 11.9. The first-order valence-electron chi connectivity index (χ1n) is 6.22. The van der Waals surface area contributed by atoms with Crippen molar-refractivity contribution in [3.8, 4) is 0 Å². The topological polar surface area (TPSA) is 55.6 Å². The van der Waals surface area contributed by atoms with Crippen LogP contribution in [0.2, 0.25) is 0 Å². The maximum Gasteiger partial charge on any atom is 0.175 e. The minimum absolute atomic E-state index is 0.145. The quantitative estimate of drug-likeness (QED) is 0.847. The fraction of sp³-hybridized carbons (Fsp3) is 0.917. The number of aryl methyl sites for hydroxylation is 1. The van der Waals surface area contributed by atoms with Gasteiger partial charge in [-0.1, -0.05) is 13.8 Å². The number of nitrogens with one attached hydrogen (secondary N) is 1. The van der Waals surface area contributed by atoms with Crippen LogP contribution < -0.4 is 5.32 Å². The van der Waals surface area contributed by atoms with Crippen molar-refractivity contribution in [1.29, 1.82) is 0 Å². The molecule has 0 aliphatic heterocycles. The highest BCUT2D eigenvalue weighted by Gasteiger charge is 2.26. The van der Waals surface area contributed by atoms with E-state index in [1.54, 1.807) is 7.05 Å². The van der Waals surface area contributed by atoms with Gasteiger partial charge in [0.2, 0.25) is 0 Å². The van der Waals surface area contributed by atoms with Crippen molar-refractivity contribution < 1.29 is 0 Å². The lowest BCUT2D eigenvalue weighted by atomic mass is 9.83. The molecule has 0 radical (unpaired) electrons. The lowest BCUT2D eigenvalue weighted by Gasteiger charge is -2.32. The van der Waals surface area contributed by atoms with Gasteiger partial charge in [0.05, 0.1) is 7.05 Å². The van der Waals surface area contributed by atoms with Crippen molar-refractivity contribution in [2.24, 2.45) is 12.5 Å². The van der Waals surface area contributed by atoms with Crippen LogP contribution in [-0.4, -0.2) is 32.3 Å². The lowest BCUT2D eigenvalue weighted by Crippen LogP contribution is -2.43. The zero-order chi connectivity index (χ0) is 13.1. The van der Waals surface area contributed by atoms with Crippen LogP contribution in [0.4, 0.5) is 0 Å². The molecule has 1 heterocycles. The third-order valence-electron chi connectivity index (χ3n) is 3.03. The second kappa shape index (κ2) is 5.12. The summed E-state index contributed by atoms with van der Waals surface area (Å²) in [5.41, 5.74) is 0.322. The lowest BCUT2D eigenvalue weighted by molar-refractivity contribution is 0.250. The highest BCUT2D eigenvalue weighted by molar-refractivity contribution is 4.90. The first-order valence-corrected chi connectivity index (χ1v) is 6.22. The average Bonchev–Trinajstić information content (AvgIpc) is 2.60. The van der Waals surface area contributed by atoms with Gasteiger partial charge in [-0.25, -0.2) is 0 Å². The Hall–Kier alpha value is -0.970. The van der Waals surface area contributed by atoms with E-state index in [2.05, 4.69) is 55.3 Å². The smallest absolute Gasteiger partial charge is 0.175 e. The molecule has 0 aliphatic rings. The van der Waals surface area contributed by atoms with Gasteiger partial charge in [-0.3, -0.25) is 0 Å². The third-order valence-corrected chi connectivity index (χ3v) is 3.03. The summed E-state index contributed by atoms with van der Waals surface area (Å²) >= 11 is 0. The summed E-state index contributed by atoms with van der Waals surface area (Å²) in [6.45, 7) is 12.0. The van der Waals surface area contributed by atoms with E-state index in [1.165, 1.54) is 4.80 Å². The number of hydrogen-bond donors (Lipinski definition) is 1. The molecule has 98 valence electrons. The summed E-state index contributed by atoms with van der Waals surface area (Å²) in [5, 5.41) is 15.8. The predicted octanol–water partition coefficient (Wildman–Crippen LogP) is 1.56. The molecule has 0 saturated heterocycles. The van der Waals surface area contributed by atoms with E-state index >= 15 is 0 Å². The van der Waals surface area contributed by atoms with Gasteiger partial charge >= 0.3 is 0 Å². The number of nitrogens with zero attached hydrogens (tertiary/aromatic N) is 4. The Kier molecular flexibility index (Phi) is 4.25. The molecule has 5 heteroatoms. The maximum absolute atomic E-state index is 4.25. The van der Waals surface area contributed by atoms with E-state index in [0.29, 0.717) is 0 Å². The Morgan fingerprint density at radius 2 is 1.88 bits per heavy atom. The molecule has 0 fully saturated rings. The largest absolute Gasteiger partial charge is 0.312 e. The van der Waals surface area contributed by atoms with Gasteiger partial charge in [0.15, 0.2) is 5.82 Å². The van der Waals surface area contributed by atoms with Crippen LogP contribution in [0.3, 0.4) is 0 Å². The summed E-state index contributed by atoms with van der Waals surface area (Å²) in [5.74, 6) is 0.826. The van der Waals surface area contributed by atoms with Gasteiger partial charge < -0.3 is 5.32 Å². The van der Waals surface area contributed by atoms with E-state index in [4.69, 9.17) is 0 Å². The fourth-order valence-corrected chi connectivity index (χ4v) is 1.57. The van der Waals surface area contributed by atoms with Crippen LogP contribution in [0.1, 0.15) is 46.9 Å². The first kappa shape index (κ1) is 14.1. The van der Waals surface area contributed by atoms with Crippen LogP contribution in [0.25, 0.3) is 0 Å². The highest BCUT2D eigenvalue weighted by Crippen LogP contribution is 2.24.